The van der Waals surface area contributed by atoms with Gasteiger partial charge in [-0.3, -0.25) is 0 Å². The van der Waals surface area contributed by atoms with E-state index in [0.29, 0.717) is 12.6 Å². The Balaban J connectivity index is 1.86. The molecule has 1 N–H and O–H groups in total. The maximum atomic E-state index is 5.60. The molecule has 0 saturated heterocycles. The van der Waals surface area contributed by atoms with Gasteiger partial charge in [0.25, 0.3) is 0 Å². The van der Waals surface area contributed by atoms with E-state index in [9.17, 15) is 0 Å². The van der Waals surface area contributed by atoms with Crippen LogP contribution in [0.4, 0.5) is 0 Å². The van der Waals surface area contributed by atoms with Crippen LogP contribution in [0.2, 0.25) is 0 Å². The second kappa shape index (κ2) is 6.72. The van der Waals surface area contributed by atoms with E-state index in [1.54, 1.807) is 6.08 Å². The Labute approximate surface area is 110 Å². The average Bonchev–Trinajstić information content (AvgIpc) is 3.22. The van der Waals surface area contributed by atoms with Crippen LogP contribution in [-0.4, -0.2) is 19.3 Å². The van der Waals surface area contributed by atoms with Gasteiger partial charge in [0.05, 0.1) is 12.7 Å². The van der Waals surface area contributed by atoms with E-state index in [2.05, 4.69) is 49.2 Å². The minimum atomic E-state index is 0.230. The summed E-state index contributed by atoms with van der Waals surface area (Å²) in [7, 11) is 0. The molecule has 0 amide bonds. The molecule has 2 unspecified atom stereocenters. The molecule has 98 valence electrons. The van der Waals surface area contributed by atoms with E-state index in [0.717, 1.165) is 12.5 Å². The summed E-state index contributed by atoms with van der Waals surface area (Å²) in [6.07, 6.45) is 4.71. The van der Waals surface area contributed by atoms with Crippen LogP contribution in [0.5, 0.6) is 0 Å². The average molecular weight is 245 g/mol. The largest absolute Gasteiger partial charge is 0.373 e. The smallest absolute Gasteiger partial charge is 0.0675 e. The molecule has 1 aromatic carbocycles. The molecule has 0 spiro atoms. The third kappa shape index (κ3) is 3.97. The number of hydrogen-bond donors (Lipinski definition) is 1. The highest BCUT2D eigenvalue weighted by Crippen LogP contribution is 2.40. The molecule has 0 bridgehead atoms. The molecule has 0 aliphatic heterocycles. The van der Waals surface area contributed by atoms with Gasteiger partial charge in [-0.15, -0.1) is 6.58 Å². The molecule has 0 heterocycles. The van der Waals surface area contributed by atoms with Crippen molar-refractivity contribution in [2.45, 2.75) is 31.9 Å². The highest BCUT2D eigenvalue weighted by molar-refractivity contribution is 5.21. The van der Waals surface area contributed by atoms with Crippen LogP contribution < -0.4 is 5.32 Å². The van der Waals surface area contributed by atoms with E-state index in [1.165, 1.54) is 18.4 Å². The topological polar surface area (TPSA) is 21.3 Å². The lowest BCUT2D eigenvalue weighted by Gasteiger charge is -2.21. The molecular formula is C16H23NO. The molecular weight excluding hydrogens is 222 g/mol. The first-order chi connectivity index (χ1) is 8.81. The summed E-state index contributed by atoms with van der Waals surface area (Å²) in [4.78, 5) is 0. The van der Waals surface area contributed by atoms with Crippen molar-refractivity contribution in [3.05, 3.63) is 48.6 Å². The van der Waals surface area contributed by atoms with Gasteiger partial charge in [-0.1, -0.05) is 36.4 Å². The molecule has 1 aromatic rings. The van der Waals surface area contributed by atoms with E-state index in [4.69, 9.17) is 4.74 Å². The molecule has 1 fully saturated rings. The predicted octanol–water partition coefficient (Wildman–Crippen LogP) is 3.32. The van der Waals surface area contributed by atoms with Crippen LogP contribution in [0, 0.1) is 5.92 Å². The Hall–Kier alpha value is -1.12. The summed E-state index contributed by atoms with van der Waals surface area (Å²) in [5.74, 6) is 0.805. The molecule has 2 atom stereocenters. The second-order valence-electron chi connectivity index (χ2n) is 5.07. The van der Waals surface area contributed by atoms with Crippen LogP contribution in [0.1, 0.15) is 31.4 Å². The summed E-state index contributed by atoms with van der Waals surface area (Å²) < 4.78 is 5.60. The van der Waals surface area contributed by atoms with Gasteiger partial charge in [-0.2, -0.15) is 0 Å². The van der Waals surface area contributed by atoms with Gasteiger partial charge in [-0.05, 0) is 31.2 Å². The fraction of sp³-hybridized carbons (Fsp3) is 0.500. The fourth-order valence-corrected chi connectivity index (χ4v) is 2.23. The zero-order chi connectivity index (χ0) is 12.8. The lowest BCUT2D eigenvalue weighted by Crippen LogP contribution is -2.31. The minimum Gasteiger partial charge on any atom is -0.373 e. The SMILES string of the molecule is C=CCOC(C)CNC(c1ccccc1)C1CC1. The first-order valence-corrected chi connectivity index (χ1v) is 6.82. The van der Waals surface area contributed by atoms with Crippen molar-refractivity contribution in [3.8, 4) is 0 Å². The van der Waals surface area contributed by atoms with Crippen molar-refractivity contribution >= 4 is 0 Å². The predicted molar refractivity (Wildman–Crippen MR) is 75.5 cm³/mol. The van der Waals surface area contributed by atoms with Gasteiger partial charge < -0.3 is 10.1 Å². The van der Waals surface area contributed by atoms with Crippen molar-refractivity contribution in [2.75, 3.05) is 13.2 Å². The van der Waals surface area contributed by atoms with Crippen LogP contribution in [0.3, 0.4) is 0 Å². The number of nitrogens with one attached hydrogen (secondary N) is 1. The van der Waals surface area contributed by atoms with E-state index in [1.807, 2.05) is 0 Å². The Morgan fingerprint density at radius 3 is 2.72 bits per heavy atom. The first-order valence-electron chi connectivity index (χ1n) is 6.82. The molecule has 18 heavy (non-hydrogen) atoms. The van der Waals surface area contributed by atoms with Gasteiger partial charge in [0, 0.05) is 12.6 Å². The summed E-state index contributed by atoms with van der Waals surface area (Å²) in [6.45, 7) is 7.29. The lowest BCUT2D eigenvalue weighted by atomic mass is 10.0. The fourth-order valence-electron chi connectivity index (χ4n) is 2.23. The monoisotopic (exact) mass is 245 g/mol. The highest BCUT2D eigenvalue weighted by Gasteiger charge is 2.31. The second-order valence-corrected chi connectivity index (χ2v) is 5.07. The summed E-state index contributed by atoms with van der Waals surface area (Å²) in [5, 5.41) is 3.65. The molecule has 1 saturated carbocycles. The van der Waals surface area contributed by atoms with Crippen molar-refractivity contribution in [1.82, 2.24) is 5.32 Å². The molecule has 2 nitrogen and oxygen atoms in total. The number of rotatable bonds is 8. The molecule has 1 aliphatic rings. The lowest BCUT2D eigenvalue weighted by molar-refractivity contribution is 0.0848. The molecule has 0 aromatic heterocycles. The third-order valence-electron chi connectivity index (χ3n) is 3.38. The summed E-state index contributed by atoms with van der Waals surface area (Å²) >= 11 is 0. The standard InChI is InChI=1S/C16H23NO/c1-3-11-18-13(2)12-17-16(15-9-10-15)14-7-5-4-6-8-14/h3-8,13,15-17H,1,9-12H2,2H3. The number of benzene rings is 1. The van der Waals surface area contributed by atoms with Crippen LogP contribution >= 0.6 is 0 Å². The maximum absolute atomic E-state index is 5.60. The Morgan fingerprint density at radius 2 is 2.11 bits per heavy atom. The van der Waals surface area contributed by atoms with Crippen LogP contribution in [0.25, 0.3) is 0 Å². The van der Waals surface area contributed by atoms with Crippen molar-refractivity contribution in [2.24, 2.45) is 5.92 Å². The number of ether oxygens (including phenoxy) is 1. The Morgan fingerprint density at radius 1 is 1.39 bits per heavy atom. The zero-order valence-corrected chi connectivity index (χ0v) is 11.1. The quantitative estimate of drug-likeness (QED) is 0.709. The van der Waals surface area contributed by atoms with Crippen molar-refractivity contribution in [3.63, 3.8) is 0 Å². The van der Waals surface area contributed by atoms with Gasteiger partial charge >= 0.3 is 0 Å². The van der Waals surface area contributed by atoms with E-state index in [-0.39, 0.29) is 6.10 Å². The molecule has 2 heteroatoms. The van der Waals surface area contributed by atoms with E-state index < -0.39 is 0 Å². The molecule has 1 aliphatic carbocycles. The van der Waals surface area contributed by atoms with E-state index >= 15 is 0 Å². The normalized spacial score (nSPS) is 18.3. The Kier molecular flexibility index (Phi) is 4.97. The first kappa shape index (κ1) is 13.3. The van der Waals surface area contributed by atoms with Gasteiger partial charge in [-0.25, -0.2) is 0 Å². The van der Waals surface area contributed by atoms with Gasteiger partial charge in [0.15, 0.2) is 0 Å². The maximum Gasteiger partial charge on any atom is 0.0675 e. The van der Waals surface area contributed by atoms with Crippen molar-refractivity contribution < 1.29 is 4.74 Å². The minimum absolute atomic E-state index is 0.230. The van der Waals surface area contributed by atoms with Crippen molar-refractivity contribution in [1.29, 1.82) is 0 Å². The third-order valence-corrected chi connectivity index (χ3v) is 3.38. The summed E-state index contributed by atoms with van der Waals surface area (Å²) in [6, 6.07) is 11.2. The Bertz CT molecular complexity index is 359. The molecule has 0 radical (unpaired) electrons. The summed E-state index contributed by atoms with van der Waals surface area (Å²) in [5.41, 5.74) is 1.40. The van der Waals surface area contributed by atoms with Crippen LogP contribution in [0.15, 0.2) is 43.0 Å². The molecule has 2 rings (SSSR count). The zero-order valence-electron chi connectivity index (χ0n) is 11.1. The van der Waals surface area contributed by atoms with Crippen LogP contribution in [-0.2, 0) is 4.74 Å². The van der Waals surface area contributed by atoms with Gasteiger partial charge in [0.1, 0.15) is 0 Å². The van der Waals surface area contributed by atoms with Gasteiger partial charge in [0.2, 0.25) is 0 Å². The highest BCUT2D eigenvalue weighted by atomic mass is 16.5. The number of hydrogen-bond acceptors (Lipinski definition) is 2.